The molecule has 0 spiro atoms. The number of carbonyl (C=O) groups excluding carboxylic acids is 2. The maximum absolute atomic E-state index is 16.5. The van der Waals surface area contributed by atoms with Crippen LogP contribution in [0.4, 0.5) is 10.1 Å². The summed E-state index contributed by atoms with van der Waals surface area (Å²) in [6.45, 7) is 8.99. The molecule has 0 bridgehead atoms. The van der Waals surface area contributed by atoms with Crippen LogP contribution < -0.4 is 25.7 Å². The second kappa shape index (κ2) is 14.3. The first-order chi connectivity index (χ1) is 26.3. The predicted molar refractivity (Wildman–Crippen MR) is 204 cm³/mol. The molecule has 14 heteroatoms. The fraction of sp³-hybridized carbons (Fsp3) is 0.425. The topological polar surface area (TPSA) is 125 Å². The van der Waals surface area contributed by atoms with E-state index in [4.69, 9.17) is 13.9 Å². The zero-order valence-electron chi connectivity index (χ0n) is 30.4. The Bertz CT molecular complexity index is 2330. The predicted octanol–water partition coefficient (Wildman–Crippen LogP) is 3.53. The molecule has 0 aliphatic carbocycles. The highest BCUT2D eigenvalue weighted by Gasteiger charge is 2.34. The number of hydrogen-bond acceptors (Lipinski definition) is 10. The molecular formula is C40H44FN7O6. The van der Waals surface area contributed by atoms with Gasteiger partial charge in [0.05, 0.1) is 30.8 Å². The fourth-order valence-electron chi connectivity index (χ4n) is 8.27. The van der Waals surface area contributed by atoms with Crippen molar-refractivity contribution in [3.8, 4) is 17.2 Å². The number of amides is 2. The highest BCUT2D eigenvalue weighted by atomic mass is 19.1. The van der Waals surface area contributed by atoms with E-state index < -0.39 is 17.2 Å². The Morgan fingerprint density at radius 2 is 1.74 bits per heavy atom. The zero-order chi connectivity index (χ0) is 36.9. The number of nitrogens with one attached hydrogen (secondary N) is 2. The van der Waals surface area contributed by atoms with Crippen LogP contribution in [0, 0.1) is 5.82 Å². The van der Waals surface area contributed by atoms with Gasteiger partial charge in [0.25, 0.3) is 5.91 Å². The van der Waals surface area contributed by atoms with E-state index >= 15 is 4.39 Å². The number of fused-ring (bicyclic) bond motifs is 5. The SMILES string of the molecule is CN1CCN(CCCNC(=O)c2cn3c4c(c(N5CC[C@@H](NC(=O)CN6CCOCC6)C5)c(F)cc4c2=O)Oc2cc4c(cc2-3)oc2ccccc24)CC1. The second-order valence-corrected chi connectivity index (χ2v) is 14.8. The highest BCUT2D eigenvalue weighted by molar-refractivity contribution is 6.07. The van der Waals surface area contributed by atoms with Crippen molar-refractivity contribution in [3.05, 3.63) is 70.3 Å². The van der Waals surface area contributed by atoms with Gasteiger partial charge >= 0.3 is 0 Å². The van der Waals surface area contributed by atoms with Crippen molar-refractivity contribution in [1.29, 1.82) is 0 Å². The van der Waals surface area contributed by atoms with Gasteiger partial charge in [-0.2, -0.15) is 0 Å². The number of ether oxygens (including phenoxy) is 2. The first kappa shape index (κ1) is 34.7. The molecule has 2 aromatic heterocycles. The van der Waals surface area contributed by atoms with Crippen LogP contribution in [-0.4, -0.2) is 129 Å². The number of anilines is 1. The molecule has 2 amide bonds. The molecule has 13 nitrogen and oxygen atoms in total. The third-order valence-electron chi connectivity index (χ3n) is 11.2. The number of halogens is 1. The van der Waals surface area contributed by atoms with Crippen LogP contribution in [0.15, 0.2) is 57.9 Å². The van der Waals surface area contributed by atoms with Gasteiger partial charge < -0.3 is 43.8 Å². The van der Waals surface area contributed by atoms with Crippen molar-refractivity contribution in [1.82, 2.24) is 29.9 Å². The number of para-hydroxylation sites is 1. The fourth-order valence-corrected chi connectivity index (χ4v) is 8.27. The third kappa shape index (κ3) is 6.46. The minimum Gasteiger partial charge on any atom is -0.456 e. The van der Waals surface area contributed by atoms with E-state index in [1.165, 1.54) is 6.07 Å². The van der Waals surface area contributed by atoms with Gasteiger partial charge in [0.15, 0.2) is 17.3 Å². The monoisotopic (exact) mass is 737 g/mol. The van der Waals surface area contributed by atoms with Crippen LogP contribution in [0.5, 0.6) is 11.5 Å². The molecule has 3 fully saturated rings. The molecule has 1 atom stereocenters. The summed E-state index contributed by atoms with van der Waals surface area (Å²) >= 11 is 0. The van der Waals surface area contributed by atoms with Crippen molar-refractivity contribution >= 4 is 50.3 Å². The number of morpholine rings is 1. The maximum atomic E-state index is 16.5. The largest absolute Gasteiger partial charge is 0.456 e. The van der Waals surface area contributed by atoms with Gasteiger partial charge in [0.2, 0.25) is 11.3 Å². The van der Waals surface area contributed by atoms with Gasteiger partial charge in [-0.3, -0.25) is 19.3 Å². The molecular weight excluding hydrogens is 693 g/mol. The molecule has 0 saturated carbocycles. The number of carbonyl (C=O) groups is 2. The third-order valence-corrected chi connectivity index (χ3v) is 11.2. The summed E-state index contributed by atoms with van der Waals surface area (Å²) in [7, 11) is 2.12. The van der Waals surface area contributed by atoms with E-state index in [0.717, 1.165) is 49.9 Å². The minimum atomic E-state index is -0.635. The molecule has 6 heterocycles. The van der Waals surface area contributed by atoms with Crippen LogP contribution in [0.2, 0.25) is 0 Å². The van der Waals surface area contributed by atoms with Crippen LogP contribution in [0.3, 0.4) is 0 Å². The molecule has 54 heavy (non-hydrogen) atoms. The number of likely N-dealkylation sites (N-methyl/N-ethyl adjacent to an activating group) is 1. The maximum Gasteiger partial charge on any atom is 0.256 e. The van der Waals surface area contributed by atoms with E-state index in [0.29, 0.717) is 80.5 Å². The second-order valence-electron chi connectivity index (χ2n) is 14.8. The summed E-state index contributed by atoms with van der Waals surface area (Å²) in [4.78, 5) is 49.3. The molecule has 4 aliphatic heterocycles. The molecule has 3 aromatic carbocycles. The van der Waals surface area contributed by atoms with Crippen molar-refractivity contribution in [2.24, 2.45) is 0 Å². The summed E-state index contributed by atoms with van der Waals surface area (Å²) in [5.41, 5.74) is 1.81. The lowest BCUT2D eigenvalue weighted by Crippen LogP contribution is -2.46. The quantitative estimate of drug-likeness (QED) is 0.213. The molecule has 4 aliphatic rings. The number of piperazine rings is 1. The van der Waals surface area contributed by atoms with E-state index in [2.05, 4.69) is 32.4 Å². The standard InChI is InChI=1S/C40H44FN7O6/c1-44-11-13-45(14-12-44)9-4-8-42-40(51)29-23-48-31-21-33-27(26-5-2-3-6-32(26)53-33)20-34(31)54-39-36(48)28(38(29)50)19-30(41)37(39)47-10-7-25(22-47)43-35(49)24-46-15-17-52-18-16-46/h2-3,5-6,19-21,23,25H,4,7-18,22,24H2,1H3,(H,42,51)(H,43,49)/t25-/m1/s1. The minimum absolute atomic E-state index is 0.0428. The molecule has 0 unspecified atom stereocenters. The highest BCUT2D eigenvalue weighted by Crippen LogP contribution is 2.49. The summed E-state index contributed by atoms with van der Waals surface area (Å²) in [6.07, 6.45) is 2.90. The van der Waals surface area contributed by atoms with Crippen LogP contribution >= 0.6 is 0 Å². The number of rotatable bonds is 9. The smallest absolute Gasteiger partial charge is 0.256 e. The molecule has 9 rings (SSSR count). The van der Waals surface area contributed by atoms with Crippen molar-refractivity contribution in [3.63, 3.8) is 0 Å². The summed E-state index contributed by atoms with van der Waals surface area (Å²) < 4.78 is 36.5. The van der Waals surface area contributed by atoms with Gasteiger partial charge in [-0.25, -0.2) is 4.39 Å². The van der Waals surface area contributed by atoms with Gasteiger partial charge in [-0.15, -0.1) is 0 Å². The Kier molecular flexibility index (Phi) is 9.21. The van der Waals surface area contributed by atoms with Gasteiger partial charge in [0, 0.05) is 88.0 Å². The molecule has 0 radical (unpaired) electrons. The van der Waals surface area contributed by atoms with Crippen LogP contribution in [-0.2, 0) is 9.53 Å². The lowest BCUT2D eigenvalue weighted by atomic mass is 10.0. The number of benzene rings is 3. The van der Waals surface area contributed by atoms with E-state index in [1.54, 1.807) is 10.8 Å². The molecule has 5 aromatic rings. The number of pyridine rings is 1. The molecule has 282 valence electrons. The Labute approximate surface area is 311 Å². The van der Waals surface area contributed by atoms with Gasteiger partial charge in [0.1, 0.15) is 27.9 Å². The van der Waals surface area contributed by atoms with Gasteiger partial charge in [-0.1, -0.05) is 18.2 Å². The number of furan rings is 1. The lowest BCUT2D eigenvalue weighted by molar-refractivity contribution is -0.123. The van der Waals surface area contributed by atoms with Crippen molar-refractivity contribution in [2.45, 2.75) is 18.9 Å². The molecule has 3 saturated heterocycles. The van der Waals surface area contributed by atoms with Crippen LogP contribution in [0.1, 0.15) is 23.2 Å². The summed E-state index contributed by atoms with van der Waals surface area (Å²) in [6, 6.07) is 12.4. The average Bonchev–Trinajstić information content (AvgIpc) is 3.78. The lowest BCUT2D eigenvalue weighted by Gasteiger charge is -2.32. The van der Waals surface area contributed by atoms with E-state index in [-0.39, 0.29) is 40.9 Å². The molecule has 2 N–H and O–H groups in total. The van der Waals surface area contributed by atoms with E-state index in [9.17, 15) is 14.4 Å². The Balaban J connectivity index is 1.05. The Morgan fingerprint density at radius 1 is 0.926 bits per heavy atom. The first-order valence-electron chi connectivity index (χ1n) is 18.9. The summed E-state index contributed by atoms with van der Waals surface area (Å²) in [5.74, 6) is -0.593. The number of nitrogens with zero attached hydrogens (tertiary/aromatic N) is 5. The van der Waals surface area contributed by atoms with Crippen molar-refractivity contribution < 1.29 is 27.9 Å². The normalized spacial score (nSPS) is 19.4. The van der Waals surface area contributed by atoms with Crippen molar-refractivity contribution in [2.75, 3.05) is 97.2 Å². The van der Waals surface area contributed by atoms with Crippen LogP contribution in [0.25, 0.3) is 38.5 Å². The average molecular weight is 738 g/mol. The Hall–Kier alpha value is -5.02. The zero-order valence-corrected chi connectivity index (χ0v) is 30.4. The summed E-state index contributed by atoms with van der Waals surface area (Å²) in [5, 5.41) is 7.84. The Morgan fingerprint density at radius 3 is 2.57 bits per heavy atom. The number of aromatic nitrogens is 1. The first-order valence-corrected chi connectivity index (χ1v) is 18.9. The van der Waals surface area contributed by atoms with E-state index in [1.807, 2.05) is 41.3 Å². The number of hydrogen-bond donors (Lipinski definition) is 2. The van der Waals surface area contributed by atoms with Gasteiger partial charge in [-0.05, 0) is 44.6 Å².